The van der Waals surface area contributed by atoms with E-state index in [1.807, 2.05) is 0 Å². The zero-order valence-electron chi connectivity index (χ0n) is 10.0. The Labute approximate surface area is 117 Å². The van der Waals surface area contributed by atoms with Crippen molar-refractivity contribution < 1.29 is 13.6 Å². The van der Waals surface area contributed by atoms with Gasteiger partial charge in [0.25, 0.3) is 5.91 Å². The molecule has 0 aliphatic carbocycles. The third kappa shape index (κ3) is 2.81. The summed E-state index contributed by atoms with van der Waals surface area (Å²) in [4.78, 5) is 12.0. The number of benzene rings is 2. The fourth-order valence-electron chi connectivity index (χ4n) is 1.61. The van der Waals surface area contributed by atoms with E-state index in [4.69, 9.17) is 0 Å². The van der Waals surface area contributed by atoms with Crippen LogP contribution in [-0.2, 0) is 0 Å². The second-order valence-electron chi connectivity index (χ2n) is 3.97. The average molecular weight is 326 g/mol. The third-order valence-electron chi connectivity index (χ3n) is 2.71. The van der Waals surface area contributed by atoms with Gasteiger partial charge < -0.3 is 5.32 Å². The van der Waals surface area contributed by atoms with Gasteiger partial charge in [0.2, 0.25) is 0 Å². The highest BCUT2D eigenvalue weighted by Gasteiger charge is 2.15. The average Bonchev–Trinajstić information content (AvgIpc) is 2.38. The van der Waals surface area contributed by atoms with Crippen molar-refractivity contribution in [3.05, 3.63) is 63.6 Å². The number of halogens is 3. The number of nitrogens with one attached hydrogen (secondary N) is 1. The first kappa shape index (κ1) is 13.7. The summed E-state index contributed by atoms with van der Waals surface area (Å²) in [5.41, 5.74) is 0.536. The molecule has 5 heteroatoms. The summed E-state index contributed by atoms with van der Waals surface area (Å²) in [6.07, 6.45) is 0. The van der Waals surface area contributed by atoms with Crippen LogP contribution in [0.3, 0.4) is 0 Å². The number of anilines is 1. The number of amides is 1. The number of rotatable bonds is 2. The van der Waals surface area contributed by atoms with Crippen molar-refractivity contribution >= 4 is 27.5 Å². The second-order valence-corrected chi connectivity index (χ2v) is 4.82. The monoisotopic (exact) mass is 325 g/mol. The molecule has 0 unspecified atom stereocenters. The summed E-state index contributed by atoms with van der Waals surface area (Å²) < 4.78 is 27.3. The molecule has 0 spiro atoms. The van der Waals surface area contributed by atoms with Gasteiger partial charge in [-0.1, -0.05) is 12.1 Å². The van der Waals surface area contributed by atoms with Gasteiger partial charge in [-0.25, -0.2) is 8.78 Å². The molecule has 1 amide bonds. The molecule has 0 saturated carbocycles. The predicted octanol–water partition coefficient (Wildman–Crippen LogP) is 4.29. The molecule has 0 radical (unpaired) electrons. The molecule has 0 aliphatic heterocycles. The van der Waals surface area contributed by atoms with Gasteiger partial charge in [0.05, 0.1) is 10.0 Å². The van der Waals surface area contributed by atoms with Gasteiger partial charge in [0, 0.05) is 11.3 Å². The fraction of sp³-hybridized carbons (Fsp3) is 0.0714. The Bertz CT molecular complexity index is 643. The zero-order valence-corrected chi connectivity index (χ0v) is 11.6. The van der Waals surface area contributed by atoms with E-state index < -0.39 is 17.5 Å². The first-order valence-corrected chi connectivity index (χ1v) is 6.30. The number of hydrogen-bond donors (Lipinski definition) is 1. The molecule has 0 fully saturated rings. The summed E-state index contributed by atoms with van der Waals surface area (Å²) >= 11 is 3.01. The van der Waals surface area contributed by atoms with Gasteiger partial charge in [-0.3, -0.25) is 4.79 Å². The molecular formula is C14H10BrF2NO. The Kier molecular flexibility index (Phi) is 3.95. The van der Waals surface area contributed by atoms with E-state index in [0.717, 1.165) is 0 Å². The molecule has 2 aromatic rings. The summed E-state index contributed by atoms with van der Waals surface area (Å²) in [6, 6.07) is 8.76. The van der Waals surface area contributed by atoms with E-state index in [9.17, 15) is 13.6 Å². The molecule has 0 saturated heterocycles. The van der Waals surface area contributed by atoms with Crippen molar-refractivity contribution in [3.8, 4) is 0 Å². The van der Waals surface area contributed by atoms with Gasteiger partial charge in [-0.05, 0) is 47.1 Å². The quantitative estimate of drug-likeness (QED) is 0.876. The van der Waals surface area contributed by atoms with Crippen molar-refractivity contribution in [2.45, 2.75) is 6.92 Å². The lowest BCUT2D eigenvalue weighted by molar-refractivity contribution is 0.102. The maximum absolute atomic E-state index is 13.8. The highest BCUT2D eigenvalue weighted by atomic mass is 79.9. The lowest BCUT2D eigenvalue weighted by Crippen LogP contribution is -2.15. The van der Waals surface area contributed by atoms with E-state index in [-0.39, 0.29) is 10.0 Å². The van der Waals surface area contributed by atoms with Gasteiger partial charge in [0.1, 0.15) is 11.6 Å². The maximum Gasteiger partial charge on any atom is 0.258 e. The number of carbonyl (C=O) groups excluding carboxylic acids is 1. The Hall–Kier alpha value is -1.75. The molecule has 0 heterocycles. The topological polar surface area (TPSA) is 29.1 Å². The van der Waals surface area contributed by atoms with Crippen LogP contribution >= 0.6 is 15.9 Å². The van der Waals surface area contributed by atoms with Gasteiger partial charge >= 0.3 is 0 Å². The molecule has 2 rings (SSSR count). The Morgan fingerprint density at radius 1 is 1.16 bits per heavy atom. The van der Waals surface area contributed by atoms with Crippen molar-refractivity contribution in [2.24, 2.45) is 0 Å². The van der Waals surface area contributed by atoms with Crippen LogP contribution in [0.25, 0.3) is 0 Å². The summed E-state index contributed by atoms with van der Waals surface area (Å²) in [7, 11) is 0. The summed E-state index contributed by atoms with van der Waals surface area (Å²) in [6.45, 7) is 1.54. The van der Waals surface area contributed by atoms with E-state index >= 15 is 0 Å². The van der Waals surface area contributed by atoms with Crippen LogP contribution in [0.15, 0.2) is 40.9 Å². The molecule has 19 heavy (non-hydrogen) atoms. The minimum absolute atomic E-state index is 0.0990. The van der Waals surface area contributed by atoms with Crippen LogP contribution < -0.4 is 5.32 Å². The minimum Gasteiger partial charge on any atom is -0.322 e. The molecule has 0 bridgehead atoms. The van der Waals surface area contributed by atoms with Crippen molar-refractivity contribution in [1.29, 1.82) is 0 Å². The van der Waals surface area contributed by atoms with Crippen molar-refractivity contribution in [1.82, 2.24) is 0 Å². The maximum atomic E-state index is 13.8. The number of carbonyl (C=O) groups is 1. The summed E-state index contributed by atoms with van der Waals surface area (Å²) in [5, 5.41) is 2.50. The molecule has 0 atom stereocenters. The zero-order chi connectivity index (χ0) is 14.0. The normalized spacial score (nSPS) is 10.3. The Morgan fingerprint density at radius 2 is 1.84 bits per heavy atom. The Balaban J connectivity index is 2.31. The molecule has 98 valence electrons. The van der Waals surface area contributed by atoms with Crippen LogP contribution in [0.2, 0.25) is 0 Å². The first-order valence-electron chi connectivity index (χ1n) is 5.51. The van der Waals surface area contributed by atoms with Crippen molar-refractivity contribution in [3.63, 3.8) is 0 Å². The van der Waals surface area contributed by atoms with Crippen LogP contribution in [-0.4, -0.2) is 5.91 Å². The smallest absolute Gasteiger partial charge is 0.258 e. The fourth-order valence-corrected chi connectivity index (χ4v) is 1.98. The predicted molar refractivity (Wildman–Crippen MR) is 73.2 cm³/mol. The van der Waals surface area contributed by atoms with Crippen LogP contribution in [0.1, 0.15) is 15.9 Å². The van der Waals surface area contributed by atoms with E-state index in [2.05, 4.69) is 21.2 Å². The summed E-state index contributed by atoms with van der Waals surface area (Å²) in [5.74, 6) is -1.69. The van der Waals surface area contributed by atoms with Gasteiger partial charge in [0.15, 0.2) is 0 Å². The van der Waals surface area contributed by atoms with Crippen LogP contribution in [0.5, 0.6) is 0 Å². The van der Waals surface area contributed by atoms with Crippen LogP contribution in [0, 0.1) is 18.6 Å². The molecular weight excluding hydrogens is 316 g/mol. The highest BCUT2D eigenvalue weighted by molar-refractivity contribution is 9.10. The third-order valence-corrected chi connectivity index (χ3v) is 3.32. The van der Waals surface area contributed by atoms with Crippen molar-refractivity contribution in [2.75, 3.05) is 5.32 Å². The minimum atomic E-state index is -0.644. The Morgan fingerprint density at radius 3 is 2.58 bits per heavy atom. The SMILES string of the molecule is Cc1c(F)cccc1NC(=O)c1cccc(Br)c1F. The molecule has 2 aromatic carbocycles. The lowest BCUT2D eigenvalue weighted by atomic mass is 10.1. The lowest BCUT2D eigenvalue weighted by Gasteiger charge is -2.09. The molecule has 0 aliphatic rings. The van der Waals surface area contributed by atoms with E-state index in [0.29, 0.717) is 11.3 Å². The van der Waals surface area contributed by atoms with E-state index in [1.165, 1.54) is 24.3 Å². The van der Waals surface area contributed by atoms with Gasteiger partial charge in [-0.2, -0.15) is 0 Å². The molecule has 2 nitrogen and oxygen atoms in total. The molecule has 1 N–H and O–H groups in total. The molecule has 0 aromatic heterocycles. The first-order chi connectivity index (χ1) is 9.00. The highest BCUT2D eigenvalue weighted by Crippen LogP contribution is 2.22. The van der Waals surface area contributed by atoms with Crippen LogP contribution in [0.4, 0.5) is 14.5 Å². The van der Waals surface area contributed by atoms with E-state index in [1.54, 1.807) is 19.1 Å². The second kappa shape index (κ2) is 5.48. The van der Waals surface area contributed by atoms with Gasteiger partial charge in [-0.15, -0.1) is 0 Å². The number of hydrogen-bond acceptors (Lipinski definition) is 1. The largest absolute Gasteiger partial charge is 0.322 e. The standard InChI is InChI=1S/C14H10BrF2NO/c1-8-11(16)6-3-7-12(8)18-14(19)9-4-2-5-10(15)13(9)17/h2-7H,1H3,(H,18,19).